The fraction of sp³-hybridized carbons (Fsp3) is 0.464. The lowest BCUT2D eigenvalue weighted by molar-refractivity contribution is -0.150. The van der Waals surface area contributed by atoms with Crippen LogP contribution >= 0.6 is 0 Å². The van der Waals surface area contributed by atoms with Crippen LogP contribution in [0.1, 0.15) is 38.8 Å². The average molecular weight is 484 g/mol. The molecule has 0 aliphatic carbocycles. The lowest BCUT2D eigenvalue weighted by atomic mass is 10.1. The smallest absolute Gasteiger partial charge is 0.325 e. The predicted molar refractivity (Wildman–Crippen MR) is 142 cm³/mol. The van der Waals surface area contributed by atoms with Crippen LogP contribution in [0.25, 0.3) is 6.08 Å². The van der Waals surface area contributed by atoms with Crippen molar-refractivity contribution < 1.29 is 19.1 Å². The molecule has 2 rings (SSSR count). The van der Waals surface area contributed by atoms with Crippen molar-refractivity contribution in [3.05, 3.63) is 77.4 Å². The van der Waals surface area contributed by atoms with E-state index in [0.29, 0.717) is 13.1 Å². The van der Waals surface area contributed by atoms with Gasteiger partial charge in [0.2, 0.25) is 0 Å². The second kappa shape index (κ2) is 12.5. The molecule has 0 aromatic heterocycles. The van der Waals surface area contributed by atoms with Crippen molar-refractivity contribution in [3.63, 3.8) is 0 Å². The van der Waals surface area contributed by atoms with Gasteiger partial charge in [-0.25, -0.2) is 0 Å². The van der Waals surface area contributed by atoms with Crippen molar-refractivity contribution >= 4 is 20.4 Å². The van der Waals surface area contributed by atoms with Crippen LogP contribution in [0.3, 0.4) is 0 Å². The Balaban J connectivity index is 2.44. The van der Waals surface area contributed by atoms with E-state index >= 15 is 0 Å². The number of carbonyl (C=O) groups excluding carboxylic acids is 1. The second-order valence-electron chi connectivity index (χ2n) is 10.3. The maximum absolute atomic E-state index is 13.1. The van der Waals surface area contributed by atoms with Gasteiger partial charge in [0.25, 0.3) is 0 Å². The van der Waals surface area contributed by atoms with Gasteiger partial charge in [-0.1, -0.05) is 87.5 Å². The molecule has 0 radical (unpaired) electrons. The van der Waals surface area contributed by atoms with Gasteiger partial charge in [0.15, 0.2) is 8.32 Å². The second-order valence-corrected chi connectivity index (χ2v) is 15.1. The Morgan fingerprint density at radius 1 is 1.06 bits per heavy atom. The molecule has 0 amide bonds. The van der Waals surface area contributed by atoms with Gasteiger partial charge < -0.3 is 14.3 Å². The lowest BCUT2D eigenvalue weighted by Crippen LogP contribution is -2.54. The molecule has 0 saturated carbocycles. The molecule has 1 N–H and O–H groups in total. The molecule has 0 aliphatic rings. The molecular weight excluding hydrogens is 442 g/mol. The van der Waals surface area contributed by atoms with Gasteiger partial charge in [-0.15, -0.1) is 0 Å². The summed E-state index contributed by atoms with van der Waals surface area (Å²) in [4.78, 5) is 15.2. The van der Waals surface area contributed by atoms with Gasteiger partial charge in [0, 0.05) is 13.1 Å². The quantitative estimate of drug-likeness (QED) is 0.337. The average Bonchev–Trinajstić information content (AvgIpc) is 2.78. The van der Waals surface area contributed by atoms with Crippen molar-refractivity contribution in [2.75, 3.05) is 20.3 Å². The van der Waals surface area contributed by atoms with Gasteiger partial charge in [0.1, 0.15) is 6.04 Å². The minimum atomic E-state index is -2.13. The summed E-state index contributed by atoms with van der Waals surface area (Å²) >= 11 is 0. The topological polar surface area (TPSA) is 59.0 Å². The van der Waals surface area contributed by atoms with Crippen molar-refractivity contribution in [3.8, 4) is 0 Å². The van der Waals surface area contributed by atoms with E-state index in [9.17, 15) is 9.90 Å². The summed E-state index contributed by atoms with van der Waals surface area (Å²) in [7, 11) is -0.716. The third kappa shape index (κ3) is 7.91. The number of carbonyl (C=O) groups is 1. The number of esters is 1. The van der Waals surface area contributed by atoms with Crippen LogP contribution in [0.4, 0.5) is 0 Å². The van der Waals surface area contributed by atoms with E-state index in [4.69, 9.17) is 9.16 Å². The summed E-state index contributed by atoms with van der Waals surface area (Å²) < 4.78 is 11.9. The first kappa shape index (κ1) is 28.0. The number of ether oxygens (including phenoxy) is 1. The van der Waals surface area contributed by atoms with E-state index in [0.717, 1.165) is 16.7 Å². The predicted octanol–water partition coefficient (Wildman–Crippen LogP) is 5.52. The molecular formula is C28H41NO4Si. The fourth-order valence-corrected chi connectivity index (χ4v) is 5.13. The first-order valence-corrected chi connectivity index (χ1v) is 14.8. The first-order chi connectivity index (χ1) is 16.0. The molecule has 0 spiro atoms. The van der Waals surface area contributed by atoms with Crippen molar-refractivity contribution in [1.29, 1.82) is 0 Å². The normalized spacial score (nSPS) is 14.7. The van der Waals surface area contributed by atoms with E-state index in [1.54, 1.807) is 0 Å². The monoisotopic (exact) mass is 483 g/mol. The molecule has 0 heterocycles. The van der Waals surface area contributed by atoms with Crippen molar-refractivity contribution in [1.82, 2.24) is 4.90 Å². The Kier molecular flexibility index (Phi) is 10.2. The van der Waals surface area contributed by atoms with E-state index in [-0.39, 0.29) is 23.7 Å². The number of rotatable bonds is 11. The van der Waals surface area contributed by atoms with Crippen molar-refractivity contribution in [2.24, 2.45) is 0 Å². The molecule has 0 fully saturated rings. The number of methoxy groups -OCH3 is 1. The maximum Gasteiger partial charge on any atom is 0.325 e. The van der Waals surface area contributed by atoms with E-state index in [2.05, 4.69) is 38.8 Å². The minimum Gasteiger partial charge on any atom is -0.468 e. The summed E-state index contributed by atoms with van der Waals surface area (Å²) in [6.45, 7) is 13.7. The molecule has 2 atom stereocenters. The van der Waals surface area contributed by atoms with Gasteiger partial charge in [-0.2, -0.15) is 0 Å². The summed E-state index contributed by atoms with van der Waals surface area (Å²) in [6, 6.07) is 19.3. The molecule has 0 bridgehead atoms. The van der Waals surface area contributed by atoms with Gasteiger partial charge in [-0.05, 0) is 41.8 Å². The molecule has 0 saturated heterocycles. The third-order valence-corrected chi connectivity index (χ3v) is 11.1. The highest BCUT2D eigenvalue weighted by Gasteiger charge is 2.42. The molecule has 0 aliphatic heterocycles. The Morgan fingerprint density at radius 3 is 2.12 bits per heavy atom. The zero-order valence-corrected chi connectivity index (χ0v) is 22.7. The summed E-state index contributed by atoms with van der Waals surface area (Å²) in [5, 5.41) is 10.2. The molecule has 2 unspecified atom stereocenters. The zero-order chi connectivity index (χ0) is 25.4. The van der Waals surface area contributed by atoms with Gasteiger partial charge in [-0.3, -0.25) is 9.69 Å². The van der Waals surface area contributed by atoms with E-state index < -0.39 is 14.4 Å². The van der Waals surface area contributed by atoms with E-state index in [1.807, 2.05) is 73.7 Å². The minimum absolute atomic E-state index is 0.00958. The number of hydrogen-bond acceptors (Lipinski definition) is 5. The highest BCUT2D eigenvalue weighted by molar-refractivity contribution is 6.74. The Bertz CT molecular complexity index is 922. The van der Waals surface area contributed by atoms with Crippen LogP contribution in [0.15, 0.2) is 66.2 Å². The lowest BCUT2D eigenvalue weighted by Gasteiger charge is -2.42. The molecule has 5 nitrogen and oxygen atoms in total. The molecule has 6 heteroatoms. The van der Waals surface area contributed by atoms with E-state index in [1.165, 1.54) is 7.11 Å². The summed E-state index contributed by atoms with van der Waals surface area (Å²) in [5.74, 6) is -0.334. The SMILES string of the molecule is COC(=O)C(C(C)O[Si](C)(C)C(C)(C)C)N(C/C(=C\c1ccccc1)CO)Cc1ccccc1. The van der Waals surface area contributed by atoms with Crippen LogP contribution in [0.2, 0.25) is 18.1 Å². The van der Waals surface area contributed by atoms with Crippen LogP contribution in [-0.2, 0) is 20.5 Å². The molecule has 34 heavy (non-hydrogen) atoms. The largest absolute Gasteiger partial charge is 0.468 e. The standard InChI is InChI=1S/C28H41NO4Si/c1-22(33-34(6,7)28(2,3)4)26(27(31)32-5)29(19-24-16-12-9-13-17-24)20-25(21-30)18-23-14-10-8-11-15-23/h8-18,22,26,30H,19-21H2,1-7H3/b25-18+. The van der Waals surface area contributed by atoms with Crippen LogP contribution in [0.5, 0.6) is 0 Å². The highest BCUT2D eigenvalue weighted by Crippen LogP contribution is 2.38. The third-order valence-electron chi connectivity index (χ3n) is 6.58. The number of nitrogens with zero attached hydrogens (tertiary/aromatic N) is 1. The highest BCUT2D eigenvalue weighted by atomic mass is 28.4. The van der Waals surface area contributed by atoms with Crippen LogP contribution < -0.4 is 0 Å². The zero-order valence-electron chi connectivity index (χ0n) is 21.7. The fourth-order valence-electron chi connectivity index (χ4n) is 3.72. The van der Waals surface area contributed by atoms with Crippen LogP contribution in [0, 0.1) is 0 Å². The maximum atomic E-state index is 13.1. The van der Waals surface area contributed by atoms with Crippen molar-refractivity contribution in [2.45, 2.75) is 64.5 Å². The number of benzene rings is 2. The van der Waals surface area contributed by atoms with Gasteiger partial charge >= 0.3 is 5.97 Å². The Morgan fingerprint density at radius 2 is 1.62 bits per heavy atom. The number of hydrogen-bond donors (Lipinski definition) is 1. The first-order valence-electron chi connectivity index (χ1n) is 11.9. The molecule has 2 aromatic rings. The molecule has 2 aromatic carbocycles. The Hall–Kier alpha value is -2.25. The Labute approximate surface area is 206 Å². The summed E-state index contributed by atoms with van der Waals surface area (Å²) in [6.07, 6.45) is 1.60. The number of aliphatic hydroxyl groups is 1. The molecule has 186 valence electrons. The van der Waals surface area contributed by atoms with Gasteiger partial charge in [0.05, 0.1) is 19.8 Å². The summed E-state index contributed by atoms with van der Waals surface area (Å²) in [5.41, 5.74) is 2.90. The number of aliphatic hydroxyl groups excluding tert-OH is 1. The van der Waals surface area contributed by atoms with Crippen LogP contribution in [-0.4, -0.2) is 56.7 Å².